The fourth-order valence-electron chi connectivity index (χ4n) is 4.35. The number of ether oxygens (including phenoxy) is 2. The molecule has 4 rings (SSSR count). The van der Waals surface area contributed by atoms with Gasteiger partial charge >= 0.3 is 0 Å². The van der Waals surface area contributed by atoms with Crippen LogP contribution in [0, 0.1) is 27.7 Å². The molecule has 2 heterocycles. The van der Waals surface area contributed by atoms with Crippen LogP contribution in [0.4, 0.5) is 0 Å². The first-order chi connectivity index (χ1) is 15.4. The summed E-state index contributed by atoms with van der Waals surface area (Å²) in [6, 6.07) is 16.4. The molecule has 3 aromatic rings. The molecule has 0 radical (unpaired) electrons. The molecular weight excluding hydrogens is 402 g/mol. The molecule has 0 spiro atoms. The van der Waals surface area contributed by atoms with Gasteiger partial charge in [-0.3, -0.25) is 9.58 Å². The summed E-state index contributed by atoms with van der Waals surface area (Å²) in [5, 5.41) is 15.0. The molecule has 0 unspecified atom stereocenters. The molecule has 1 fully saturated rings. The van der Waals surface area contributed by atoms with Crippen LogP contribution in [0.5, 0.6) is 11.5 Å². The van der Waals surface area contributed by atoms with Crippen LogP contribution in [0.1, 0.15) is 28.1 Å². The first-order valence-electron chi connectivity index (χ1n) is 11.2. The van der Waals surface area contributed by atoms with Crippen molar-refractivity contribution in [2.75, 3.05) is 19.7 Å². The summed E-state index contributed by atoms with van der Waals surface area (Å²) in [7, 11) is 0. The number of likely N-dealkylation sites (tertiary alicyclic amines) is 1. The summed E-state index contributed by atoms with van der Waals surface area (Å²) >= 11 is 0. The molecule has 0 bridgehead atoms. The fraction of sp³-hybridized carbons (Fsp3) is 0.423. The van der Waals surface area contributed by atoms with E-state index >= 15 is 0 Å². The zero-order chi connectivity index (χ0) is 22.7. The number of aryl methyl sites for hydroxylation is 4. The Hall–Kier alpha value is -2.83. The second-order valence-corrected chi connectivity index (χ2v) is 8.88. The average Bonchev–Trinajstić information content (AvgIpc) is 3.22. The molecule has 6 nitrogen and oxygen atoms in total. The van der Waals surface area contributed by atoms with Gasteiger partial charge < -0.3 is 14.6 Å². The SMILES string of the molecule is Cc1cc(C)cc(O[C@H]2CN(Cc3ccc(OCCn4nc(C)cc4C)cc3)C[C@@H]2O)c1. The molecular formula is C26H33N3O3. The summed E-state index contributed by atoms with van der Waals surface area (Å²) in [4.78, 5) is 2.23. The first kappa shape index (κ1) is 22.4. The molecule has 0 aliphatic carbocycles. The number of β-amino-alcohol motifs (C(OH)–C–C–N with tert-alkyl or cyclic N) is 1. The molecule has 2 atom stereocenters. The van der Waals surface area contributed by atoms with Crippen LogP contribution in [0.2, 0.25) is 0 Å². The van der Waals surface area contributed by atoms with E-state index in [1.54, 1.807) is 0 Å². The van der Waals surface area contributed by atoms with Crippen molar-refractivity contribution in [3.05, 3.63) is 76.6 Å². The quantitative estimate of drug-likeness (QED) is 0.583. The number of hydrogen-bond donors (Lipinski definition) is 1. The summed E-state index contributed by atoms with van der Waals surface area (Å²) in [6.07, 6.45) is -0.707. The van der Waals surface area contributed by atoms with Gasteiger partial charge in [-0.05, 0) is 74.7 Å². The first-order valence-corrected chi connectivity index (χ1v) is 11.2. The van der Waals surface area contributed by atoms with Gasteiger partial charge in [-0.25, -0.2) is 0 Å². The number of aliphatic hydroxyl groups excluding tert-OH is 1. The number of aromatic nitrogens is 2. The van der Waals surface area contributed by atoms with E-state index in [0.717, 1.165) is 36.0 Å². The smallest absolute Gasteiger partial charge is 0.138 e. The van der Waals surface area contributed by atoms with E-state index < -0.39 is 6.10 Å². The predicted molar refractivity (Wildman–Crippen MR) is 125 cm³/mol. The van der Waals surface area contributed by atoms with Crippen LogP contribution in [-0.2, 0) is 13.1 Å². The summed E-state index contributed by atoms with van der Waals surface area (Å²) < 4.78 is 14.0. The maximum atomic E-state index is 10.5. The topological polar surface area (TPSA) is 59.8 Å². The minimum Gasteiger partial charge on any atom is -0.492 e. The lowest BCUT2D eigenvalue weighted by Crippen LogP contribution is -2.30. The third kappa shape index (κ3) is 5.69. The molecule has 2 aromatic carbocycles. The van der Waals surface area contributed by atoms with Crippen molar-refractivity contribution >= 4 is 0 Å². The van der Waals surface area contributed by atoms with Crippen LogP contribution in [-0.4, -0.2) is 51.7 Å². The summed E-state index contributed by atoms with van der Waals surface area (Å²) in [6.45, 7) is 11.6. The minimum atomic E-state index is -0.493. The maximum absolute atomic E-state index is 10.5. The van der Waals surface area contributed by atoms with Gasteiger partial charge in [0.15, 0.2) is 0 Å². The zero-order valence-electron chi connectivity index (χ0n) is 19.4. The molecule has 0 saturated carbocycles. The van der Waals surface area contributed by atoms with Gasteiger partial charge in [-0.2, -0.15) is 5.10 Å². The molecule has 1 aromatic heterocycles. The van der Waals surface area contributed by atoms with Crippen molar-refractivity contribution in [1.82, 2.24) is 14.7 Å². The van der Waals surface area contributed by atoms with E-state index in [2.05, 4.69) is 55.0 Å². The molecule has 1 saturated heterocycles. The van der Waals surface area contributed by atoms with Gasteiger partial charge in [-0.1, -0.05) is 18.2 Å². The Morgan fingerprint density at radius 1 is 0.938 bits per heavy atom. The van der Waals surface area contributed by atoms with Gasteiger partial charge in [-0.15, -0.1) is 0 Å². The Morgan fingerprint density at radius 3 is 2.31 bits per heavy atom. The lowest BCUT2D eigenvalue weighted by molar-refractivity contribution is 0.0736. The van der Waals surface area contributed by atoms with Crippen molar-refractivity contribution in [2.24, 2.45) is 0 Å². The number of rotatable bonds is 8. The third-order valence-corrected chi connectivity index (χ3v) is 5.80. The monoisotopic (exact) mass is 435 g/mol. The molecule has 0 amide bonds. The van der Waals surface area contributed by atoms with E-state index in [-0.39, 0.29) is 6.10 Å². The fourth-order valence-corrected chi connectivity index (χ4v) is 4.35. The Balaban J connectivity index is 1.26. The number of benzene rings is 2. The van der Waals surface area contributed by atoms with E-state index in [1.165, 1.54) is 16.7 Å². The van der Waals surface area contributed by atoms with Crippen molar-refractivity contribution in [3.8, 4) is 11.5 Å². The lowest BCUT2D eigenvalue weighted by Gasteiger charge is -2.18. The highest BCUT2D eigenvalue weighted by Gasteiger charge is 2.33. The van der Waals surface area contributed by atoms with Crippen molar-refractivity contribution in [2.45, 2.75) is 53.0 Å². The van der Waals surface area contributed by atoms with Crippen molar-refractivity contribution in [3.63, 3.8) is 0 Å². The van der Waals surface area contributed by atoms with Gasteiger partial charge in [0, 0.05) is 25.3 Å². The Kier molecular flexibility index (Phi) is 6.82. The van der Waals surface area contributed by atoms with E-state index in [9.17, 15) is 5.11 Å². The van der Waals surface area contributed by atoms with Crippen LogP contribution in [0.15, 0.2) is 48.5 Å². The molecule has 6 heteroatoms. The van der Waals surface area contributed by atoms with Gasteiger partial charge in [0.2, 0.25) is 0 Å². The van der Waals surface area contributed by atoms with Crippen LogP contribution in [0.3, 0.4) is 0 Å². The zero-order valence-corrected chi connectivity index (χ0v) is 19.4. The summed E-state index contributed by atoms with van der Waals surface area (Å²) in [5.74, 6) is 1.68. The largest absolute Gasteiger partial charge is 0.492 e. The van der Waals surface area contributed by atoms with E-state index in [0.29, 0.717) is 19.7 Å². The Labute approximate surface area is 190 Å². The molecule has 1 aliphatic rings. The Bertz CT molecular complexity index is 1020. The van der Waals surface area contributed by atoms with Crippen LogP contribution < -0.4 is 9.47 Å². The third-order valence-electron chi connectivity index (χ3n) is 5.80. The minimum absolute atomic E-state index is 0.215. The molecule has 170 valence electrons. The van der Waals surface area contributed by atoms with Crippen LogP contribution >= 0.6 is 0 Å². The van der Waals surface area contributed by atoms with Crippen molar-refractivity contribution in [1.29, 1.82) is 0 Å². The van der Waals surface area contributed by atoms with E-state index in [1.807, 2.05) is 35.9 Å². The highest BCUT2D eigenvalue weighted by molar-refractivity contribution is 5.33. The predicted octanol–water partition coefficient (Wildman–Crippen LogP) is 3.82. The lowest BCUT2D eigenvalue weighted by atomic mass is 10.1. The van der Waals surface area contributed by atoms with Crippen molar-refractivity contribution < 1.29 is 14.6 Å². The molecule has 1 N–H and O–H groups in total. The highest BCUT2D eigenvalue weighted by Crippen LogP contribution is 2.23. The second-order valence-electron chi connectivity index (χ2n) is 8.88. The average molecular weight is 436 g/mol. The molecule has 1 aliphatic heterocycles. The number of aliphatic hydroxyl groups is 1. The second kappa shape index (κ2) is 9.76. The van der Waals surface area contributed by atoms with Gasteiger partial charge in [0.1, 0.15) is 30.3 Å². The summed E-state index contributed by atoms with van der Waals surface area (Å²) in [5.41, 5.74) is 5.70. The molecule has 32 heavy (non-hydrogen) atoms. The number of nitrogens with zero attached hydrogens (tertiary/aromatic N) is 3. The standard InChI is InChI=1S/C26H33N3O3/c1-18-11-19(2)13-24(12-18)32-26-17-28(16-25(26)30)15-22-5-7-23(8-6-22)31-10-9-29-21(4)14-20(3)27-29/h5-8,11-14,25-26,30H,9-10,15-17H2,1-4H3/t25-,26-/m0/s1. The highest BCUT2D eigenvalue weighted by atomic mass is 16.5. The number of hydrogen-bond acceptors (Lipinski definition) is 5. The maximum Gasteiger partial charge on any atom is 0.138 e. The van der Waals surface area contributed by atoms with Gasteiger partial charge in [0.05, 0.1) is 12.2 Å². The Morgan fingerprint density at radius 2 is 1.66 bits per heavy atom. The van der Waals surface area contributed by atoms with Gasteiger partial charge in [0.25, 0.3) is 0 Å². The van der Waals surface area contributed by atoms with E-state index in [4.69, 9.17) is 9.47 Å². The van der Waals surface area contributed by atoms with Crippen LogP contribution in [0.25, 0.3) is 0 Å². The normalized spacial score (nSPS) is 18.8.